The fraction of sp³-hybridized carbons (Fsp3) is 0.500. The topological polar surface area (TPSA) is 20.2 Å². The molecular weight excluding hydrogens is 284 g/mol. The molecule has 1 aromatic rings. The third kappa shape index (κ3) is 1.24. The summed E-state index contributed by atoms with van der Waals surface area (Å²) in [5.41, 5.74) is -6.03. The van der Waals surface area contributed by atoms with Crippen molar-refractivity contribution in [3.63, 3.8) is 0 Å². The van der Waals surface area contributed by atoms with Gasteiger partial charge in [-0.05, 0) is 43.4 Å². The minimum Gasteiger partial charge on any atom is -0.381 e. The van der Waals surface area contributed by atoms with Gasteiger partial charge in [-0.15, -0.1) is 0 Å². The molecule has 112 valence electrons. The normalized spacial score (nSPS) is 36.7. The van der Waals surface area contributed by atoms with E-state index in [0.29, 0.717) is 18.4 Å². The van der Waals surface area contributed by atoms with Crippen LogP contribution in [0.1, 0.15) is 42.4 Å². The first-order valence-corrected chi connectivity index (χ1v) is 7.06. The number of hydrogen-bond acceptors (Lipinski definition) is 1. The Kier molecular flexibility index (Phi) is 2.23. The van der Waals surface area contributed by atoms with Crippen molar-refractivity contribution in [3.8, 4) is 0 Å². The second kappa shape index (κ2) is 3.51. The number of alkyl halides is 3. The van der Waals surface area contributed by atoms with Gasteiger partial charge in [-0.1, -0.05) is 6.58 Å². The van der Waals surface area contributed by atoms with Gasteiger partial charge in [-0.2, -0.15) is 8.78 Å². The molecule has 2 atom stereocenters. The maximum Gasteiger partial charge on any atom is 0.310 e. The zero-order valence-electron chi connectivity index (χ0n) is 11.2. The molecule has 0 bridgehead atoms. The Labute approximate surface area is 119 Å². The van der Waals surface area contributed by atoms with Gasteiger partial charge < -0.3 is 5.11 Å². The fourth-order valence-electron chi connectivity index (χ4n) is 4.09. The molecule has 3 aliphatic carbocycles. The molecule has 0 aromatic heterocycles. The summed E-state index contributed by atoms with van der Waals surface area (Å²) >= 11 is 0. The third-order valence-electron chi connectivity index (χ3n) is 5.25. The van der Waals surface area contributed by atoms with Crippen LogP contribution >= 0.6 is 0 Å². The summed E-state index contributed by atoms with van der Waals surface area (Å²) < 4.78 is 59.0. The third-order valence-corrected chi connectivity index (χ3v) is 5.25. The molecule has 21 heavy (non-hydrogen) atoms. The summed E-state index contributed by atoms with van der Waals surface area (Å²) in [7, 11) is 0. The molecule has 0 radical (unpaired) electrons. The van der Waals surface area contributed by atoms with Gasteiger partial charge >= 0.3 is 5.92 Å². The van der Waals surface area contributed by atoms with Crippen molar-refractivity contribution in [1.29, 1.82) is 0 Å². The van der Waals surface area contributed by atoms with E-state index in [0.717, 1.165) is 12.1 Å². The first-order chi connectivity index (χ1) is 9.75. The van der Waals surface area contributed by atoms with Gasteiger partial charge in [-0.3, -0.25) is 0 Å². The Hall–Kier alpha value is -1.36. The van der Waals surface area contributed by atoms with Gasteiger partial charge in [0.2, 0.25) is 5.67 Å². The molecule has 1 fully saturated rings. The number of halogens is 4. The van der Waals surface area contributed by atoms with Crippen LogP contribution in [0.2, 0.25) is 0 Å². The standard InChI is InChI=1S/C16H14F4O/c1-8-6-7-14(21)13-10(4-5-11(17)12(8)13)16(19,20)15(14,18)9-2-3-9/h4-5,9,21H,1-3,6-7H2. The van der Waals surface area contributed by atoms with E-state index in [9.17, 15) is 18.3 Å². The lowest BCUT2D eigenvalue weighted by Crippen LogP contribution is -2.55. The summed E-state index contributed by atoms with van der Waals surface area (Å²) in [5, 5.41) is 10.8. The molecule has 0 amide bonds. The van der Waals surface area contributed by atoms with E-state index in [1.807, 2.05) is 0 Å². The molecule has 0 spiro atoms. The van der Waals surface area contributed by atoms with Crippen LogP contribution in [0.15, 0.2) is 18.7 Å². The molecule has 1 saturated carbocycles. The number of benzene rings is 1. The quantitative estimate of drug-likeness (QED) is 0.776. The summed E-state index contributed by atoms with van der Waals surface area (Å²) in [6.07, 6.45) is 0.568. The molecule has 1 N–H and O–H groups in total. The zero-order valence-corrected chi connectivity index (χ0v) is 11.2. The maximum absolute atomic E-state index is 15.4. The first-order valence-electron chi connectivity index (χ1n) is 7.06. The van der Waals surface area contributed by atoms with E-state index in [1.54, 1.807) is 0 Å². The molecule has 2 unspecified atom stereocenters. The maximum atomic E-state index is 15.4. The number of rotatable bonds is 1. The number of aliphatic hydroxyl groups is 1. The van der Waals surface area contributed by atoms with Crippen LogP contribution in [-0.4, -0.2) is 10.8 Å². The Morgan fingerprint density at radius 3 is 2.48 bits per heavy atom. The molecule has 0 aliphatic heterocycles. The van der Waals surface area contributed by atoms with Crippen molar-refractivity contribution in [2.75, 3.05) is 0 Å². The largest absolute Gasteiger partial charge is 0.381 e. The van der Waals surface area contributed by atoms with Crippen LogP contribution in [0.3, 0.4) is 0 Å². The van der Waals surface area contributed by atoms with Crippen molar-refractivity contribution in [1.82, 2.24) is 0 Å². The molecule has 4 rings (SSSR count). The highest BCUT2D eigenvalue weighted by atomic mass is 19.3. The minimum atomic E-state index is -3.81. The average molecular weight is 298 g/mol. The predicted octanol–water partition coefficient (Wildman–Crippen LogP) is 4.04. The lowest BCUT2D eigenvalue weighted by atomic mass is 9.71. The second-order valence-electron chi connectivity index (χ2n) is 6.37. The molecule has 0 heterocycles. The van der Waals surface area contributed by atoms with Gasteiger partial charge in [0.15, 0.2) is 0 Å². The fourth-order valence-corrected chi connectivity index (χ4v) is 4.09. The second-order valence-corrected chi connectivity index (χ2v) is 6.37. The van der Waals surface area contributed by atoms with Crippen molar-refractivity contribution in [3.05, 3.63) is 41.2 Å². The lowest BCUT2D eigenvalue weighted by Gasteiger charge is -2.42. The highest BCUT2D eigenvalue weighted by molar-refractivity contribution is 5.74. The van der Waals surface area contributed by atoms with Crippen molar-refractivity contribution < 1.29 is 22.7 Å². The minimum absolute atomic E-state index is 0.109. The SMILES string of the molecule is C=C1CCC2(O)c3c(ccc(F)c31)C(F)(F)C2(F)C1CC1. The van der Waals surface area contributed by atoms with Crippen LogP contribution in [0.5, 0.6) is 0 Å². The van der Waals surface area contributed by atoms with Crippen LogP contribution in [-0.2, 0) is 11.5 Å². The van der Waals surface area contributed by atoms with E-state index in [4.69, 9.17) is 0 Å². The highest BCUT2D eigenvalue weighted by Crippen LogP contribution is 2.70. The highest BCUT2D eigenvalue weighted by Gasteiger charge is 2.79. The van der Waals surface area contributed by atoms with Gasteiger partial charge in [-0.25, -0.2) is 8.78 Å². The van der Waals surface area contributed by atoms with E-state index in [2.05, 4.69) is 6.58 Å². The number of hydrogen-bond donors (Lipinski definition) is 1. The van der Waals surface area contributed by atoms with E-state index in [1.165, 1.54) is 0 Å². The molecular formula is C16H14F4O. The molecule has 5 heteroatoms. The van der Waals surface area contributed by atoms with Crippen LogP contribution in [0.25, 0.3) is 5.57 Å². The molecule has 3 aliphatic rings. The first kappa shape index (κ1) is 13.3. The molecule has 1 nitrogen and oxygen atoms in total. The van der Waals surface area contributed by atoms with Gasteiger partial charge in [0.1, 0.15) is 11.4 Å². The van der Waals surface area contributed by atoms with Crippen molar-refractivity contribution in [2.24, 2.45) is 5.92 Å². The summed E-state index contributed by atoms with van der Waals surface area (Å²) in [5.74, 6) is -5.43. The van der Waals surface area contributed by atoms with E-state index >= 15 is 4.39 Å². The van der Waals surface area contributed by atoms with Gasteiger partial charge in [0, 0.05) is 22.6 Å². The summed E-state index contributed by atoms with van der Waals surface area (Å²) in [6, 6.07) is 1.82. The van der Waals surface area contributed by atoms with Gasteiger partial charge in [0.25, 0.3) is 0 Å². The molecule has 0 saturated heterocycles. The summed E-state index contributed by atoms with van der Waals surface area (Å²) in [6.45, 7) is 3.69. The van der Waals surface area contributed by atoms with Crippen molar-refractivity contribution >= 4 is 5.57 Å². The van der Waals surface area contributed by atoms with Crippen LogP contribution in [0.4, 0.5) is 17.6 Å². The number of allylic oxidation sites excluding steroid dienone is 1. The Bertz CT molecular complexity index is 679. The monoisotopic (exact) mass is 298 g/mol. The zero-order chi connectivity index (χ0) is 15.2. The summed E-state index contributed by atoms with van der Waals surface area (Å²) in [4.78, 5) is 0. The Morgan fingerprint density at radius 1 is 1.19 bits per heavy atom. The van der Waals surface area contributed by atoms with E-state index < -0.39 is 34.5 Å². The van der Waals surface area contributed by atoms with Crippen molar-refractivity contribution in [2.45, 2.75) is 42.9 Å². The van der Waals surface area contributed by atoms with E-state index in [-0.39, 0.29) is 24.0 Å². The van der Waals surface area contributed by atoms with Crippen LogP contribution in [0, 0.1) is 11.7 Å². The Morgan fingerprint density at radius 2 is 1.86 bits per heavy atom. The predicted molar refractivity (Wildman–Crippen MR) is 69.0 cm³/mol. The molecule has 1 aromatic carbocycles. The average Bonchev–Trinajstić information content (AvgIpc) is 3.24. The smallest absolute Gasteiger partial charge is 0.310 e. The van der Waals surface area contributed by atoms with Gasteiger partial charge in [0.05, 0.1) is 0 Å². The Balaban J connectivity index is 2.11. The van der Waals surface area contributed by atoms with Crippen LogP contribution < -0.4 is 0 Å². The lowest BCUT2D eigenvalue weighted by molar-refractivity contribution is -0.232.